The van der Waals surface area contributed by atoms with Crippen LogP contribution in [0.2, 0.25) is 0 Å². The van der Waals surface area contributed by atoms with Crippen molar-refractivity contribution in [2.75, 3.05) is 25.0 Å². The summed E-state index contributed by atoms with van der Waals surface area (Å²) in [5.41, 5.74) is 0.391. The van der Waals surface area contributed by atoms with Crippen LogP contribution in [0.15, 0.2) is 18.3 Å². The van der Waals surface area contributed by atoms with Gasteiger partial charge in [-0.25, -0.2) is 4.98 Å². The summed E-state index contributed by atoms with van der Waals surface area (Å²) in [6, 6.07) is 3.11. The van der Waals surface area contributed by atoms with E-state index in [2.05, 4.69) is 10.3 Å². The lowest BCUT2D eigenvalue weighted by Crippen LogP contribution is -2.35. The number of nitrogens with one attached hydrogen (secondary N) is 2. The molecule has 0 spiro atoms. The van der Waals surface area contributed by atoms with Gasteiger partial charge in [-0.15, -0.1) is 0 Å². The molecule has 19 heavy (non-hydrogen) atoms. The zero-order valence-electron chi connectivity index (χ0n) is 10.3. The molecule has 0 aliphatic carbocycles. The molecular weight excluding hydrogens is 263 g/mol. The van der Waals surface area contributed by atoms with Gasteiger partial charge in [0.1, 0.15) is 0 Å². The topological polar surface area (TPSA) is 63.2 Å². The molecule has 1 aromatic rings. The number of halogens is 3. The molecule has 1 heterocycles. The summed E-state index contributed by atoms with van der Waals surface area (Å²) < 4.78 is 40.6. The molecule has 0 unspecified atom stereocenters. The fourth-order valence-electron chi connectivity index (χ4n) is 1.21. The first-order valence-corrected chi connectivity index (χ1v) is 5.57. The molecule has 8 heteroatoms. The van der Waals surface area contributed by atoms with Gasteiger partial charge in [0.2, 0.25) is 11.8 Å². The van der Waals surface area contributed by atoms with Gasteiger partial charge in [0.15, 0.2) is 0 Å². The van der Waals surface area contributed by atoms with Crippen molar-refractivity contribution in [2.24, 2.45) is 0 Å². The Bertz CT molecular complexity index is 407. The van der Waals surface area contributed by atoms with Crippen LogP contribution in [0, 0.1) is 0 Å². The van der Waals surface area contributed by atoms with Gasteiger partial charge in [-0.2, -0.15) is 13.2 Å². The van der Waals surface area contributed by atoms with Crippen LogP contribution in [0.5, 0.6) is 5.88 Å². The molecule has 1 aromatic heterocycles. The highest BCUT2D eigenvalue weighted by Gasteiger charge is 2.26. The molecule has 1 amide bonds. The van der Waals surface area contributed by atoms with Gasteiger partial charge in [0.05, 0.1) is 31.6 Å². The van der Waals surface area contributed by atoms with E-state index in [0.717, 1.165) is 0 Å². The number of alkyl halides is 3. The van der Waals surface area contributed by atoms with E-state index in [0.29, 0.717) is 18.2 Å². The number of aromatic nitrogens is 1. The lowest BCUT2D eigenvalue weighted by molar-refractivity contribution is -0.126. The molecule has 0 bridgehead atoms. The number of pyridine rings is 1. The highest BCUT2D eigenvalue weighted by atomic mass is 19.4. The van der Waals surface area contributed by atoms with Crippen LogP contribution in [-0.4, -0.2) is 36.8 Å². The first-order chi connectivity index (χ1) is 8.90. The van der Waals surface area contributed by atoms with Crippen molar-refractivity contribution in [2.45, 2.75) is 13.1 Å². The number of amides is 1. The second kappa shape index (κ2) is 6.93. The third kappa shape index (κ3) is 6.61. The van der Waals surface area contributed by atoms with E-state index in [-0.39, 0.29) is 0 Å². The summed E-state index contributed by atoms with van der Waals surface area (Å²) in [5.74, 6) is -0.161. The fourth-order valence-corrected chi connectivity index (χ4v) is 1.21. The molecule has 0 atom stereocenters. The monoisotopic (exact) mass is 277 g/mol. The normalized spacial score (nSPS) is 11.2. The molecular formula is C11H14F3N3O2. The highest BCUT2D eigenvalue weighted by Crippen LogP contribution is 2.12. The third-order valence-electron chi connectivity index (χ3n) is 1.92. The molecule has 0 saturated carbocycles. The fraction of sp³-hybridized carbons (Fsp3) is 0.455. The zero-order valence-corrected chi connectivity index (χ0v) is 10.3. The Morgan fingerprint density at radius 1 is 1.42 bits per heavy atom. The van der Waals surface area contributed by atoms with Crippen LogP contribution in [-0.2, 0) is 4.79 Å². The molecule has 0 radical (unpaired) electrons. The van der Waals surface area contributed by atoms with Gasteiger partial charge < -0.3 is 15.4 Å². The van der Waals surface area contributed by atoms with E-state index in [1.807, 2.05) is 12.2 Å². The Morgan fingerprint density at radius 3 is 2.68 bits per heavy atom. The van der Waals surface area contributed by atoms with Gasteiger partial charge in [0.25, 0.3) is 0 Å². The Kier molecular flexibility index (Phi) is 5.56. The van der Waals surface area contributed by atoms with Gasteiger partial charge in [-0.1, -0.05) is 0 Å². The van der Waals surface area contributed by atoms with Crippen molar-refractivity contribution in [1.82, 2.24) is 10.3 Å². The molecule has 106 valence electrons. The SMILES string of the molecule is CCOc1ccc(NC(=O)CNCC(F)(F)F)cn1. The first-order valence-electron chi connectivity index (χ1n) is 5.57. The maximum Gasteiger partial charge on any atom is 0.401 e. The maximum atomic E-state index is 11.8. The van der Waals surface area contributed by atoms with Crippen molar-refractivity contribution in [3.63, 3.8) is 0 Å². The van der Waals surface area contributed by atoms with Gasteiger partial charge in [-0.05, 0) is 13.0 Å². The average Bonchev–Trinajstić information content (AvgIpc) is 2.30. The van der Waals surface area contributed by atoms with Crippen molar-refractivity contribution in [3.8, 4) is 5.88 Å². The van der Waals surface area contributed by atoms with Gasteiger partial charge in [-0.3, -0.25) is 4.79 Å². The van der Waals surface area contributed by atoms with Crippen molar-refractivity contribution >= 4 is 11.6 Å². The number of anilines is 1. The second-order valence-electron chi connectivity index (χ2n) is 3.59. The highest BCUT2D eigenvalue weighted by molar-refractivity contribution is 5.92. The quantitative estimate of drug-likeness (QED) is 0.828. The average molecular weight is 277 g/mol. The number of nitrogens with zero attached hydrogens (tertiary/aromatic N) is 1. The zero-order chi connectivity index (χ0) is 14.3. The summed E-state index contributed by atoms with van der Waals surface area (Å²) in [4.78, 5) is 15.2. The summed E-state index contributed by atoms with van der Waals surface area (Å²) in [6.45, 7) is 0.651. The van der Waals surface area contributed by atoms with E-state index >= 15 is 0 Å². The minimum absolute atomic E-state index is 0.391. The third-order valence-corrected chi connectivity index (χ3v) is 1.92. The van der Waals surface area contributed by atoms with Gasteiger partial charge >= 0.3 is 6.18 Å². The maximum absolute atomic E-state index is 11.8. The van der Waals surface area contributed by atoms with E-state index in [4.69, 9.17) is 4.74 Å². The molecule has 0 aromatic carbocycles. The van der Waals surface area contributed by atoms with E-state index in [1.165, 1.54) is 6.20 Å². The first kappa shape index (κ1) is 15.2. The van der Waals surface area contributed by atoms with Gasteiger partial charge in [0, 0.05) is 6.07 Å². The molecule has 0 fully saturated rings. The van der Waals surface area contributed by atoms with Crippen molar-refractivity contribution in [1.29, 1.82) is 0 Å². The summed E-state index contributed by atoms with van der Waals surface area (Å²) >= 11 is 0. The van der Waals surface area contributed by atoms with E-state index < -0.39 is 25.2 Å². The number of hydrogen-bond donors (Lipinski definition) is 2. The number of carbonyl (C=O) groups excluding carboxylic acids is 1. The number of carbonyl (C=O) groups is 1. The van der Waals surface area contributed by atoms with Crippen molar-refractivity contribution in [3.05, 3.63) is 18.3 Å². The van der Waals surface area contributed by atoms with Crippen molar-refractivity contribution < 1.29 is 22.7 Å². The summed E-state index contributed by atoms with van der Waals surface area (Å²) in [7, 11) is 0. The van der Waals surface area contributed by atoms with Crippen LogP contribution >= 0.6 is 0 Å². The number of rotatable bonds is 6. The molecule has 0 saturated heterocycles. The molecule has 5 nitrogen and oxygen atoms in total. The minimum atomic E-state index is -4.33. The van der Waals surface area contributed by atoms with Crippen LogP contribution in [0.1, 0.15) is 6.92 Å². The Balaban J connectivity index is 2.35. The largest absolute Gasteiger partial charge is 0.478 e. The standard InChI is InChI=1S/C11H14F3N3O2/c1-2-19-10-4-3-8(5-16-10)17-9(18)6-15-7-11(12,13)14/h3-5,15H,2,6-7H2,1H3,(H,17,18). The minimum Gasteiger partial charge on any atom is -0.478 e. The Hall–Kier alpha value is -1.83. The molecule has 1 rings (SSSR count). The van der Waals surface area contributed by atoms with Crippen LogP contribution in [0.25, 0.3) is 0 Å². The van der Waals surface area contributed by atoms with E-state index in [9.17, 15) is 18.0 Å². The summed E-state index contributed by atoms with van der Waals surface area (Å²) in [5, 5.41) is 4.41. The number of hydrogen-bond acceptors (Lipinski definition) is 4. The lowest BCUT2D eigenvalue weighted by Gasteiger charge is -2.09. The van der Waals surface area contributed by atoms with Crippen LogP contribution in [0.4, 0.5) is 18.9 Å². The smallest absolute Gasteiger partial charge is 0.401 e. The predicted molar refractivity (Wildman–Crippen MR) is 63.0 cm³/mol. The molecule has 0 aliphatic heterocycles. The summed E-state index contributed by atoms with van der Waals surface area (Å²) in [6.07, 6.45) is -2.96. The Morgan fingerprint density at radius 2 is 2.16 bits per heavy atom. The Labute approximate surface area is 108 Å². The predicted octanol–water partition coefficient (Wildman–Crippen LogP) is 1.57. The molecule has 2 N–H and O–H groups in total. The van der Waals surface area contributed by atoms with Crippen LogP contribution in [0.3, 0.4) is 0 Å². The number of ether oxygens (including phenoxy) is 1. The lowest BCUT2D eigenvalue weighted by atomic mass is 10.4. The second-order valence-corrected chi connectivity index (χ2v) is 3.59. The van der Waals surface area contributed by atoms with Crippen LogP contribution < -0.4 is 15.4 Å². The molecule has 0 aliphatic rings. The van der Waals surface area contributed by atoms with E-state index in [1.54, 1.807) is 12.1 Å².